The van der Waals surface area contributed by atoms with E-state index in [0.717, 1.165) is 34.6 Å². The topological polar surface area (TPSA) is 90.9 Å². The van der Waals surface area contributed by atoms with Gasteiger partial charge in [-0.2, -0.15) is 15.0 Å². The van der Waals surface area contributed by atoms with Gasteiger partial charge in [0.2, 0.25) is 17.8 Å². The van der Waals surface area contributed by atoms with Crippen molar-refractivity contribution in [2.45, 2.75) is 6.54 Å². The van der Waals surface area contributed by atoms with Crippen molar-refractivity contribution < 1.29 is 0 Å². The molecule has 0 spiro atoms. The van der Waals surface area contributed by atoms with Crippen molar-refractivity contribution in [1.29, 1.82) is 0 Å². The van der Waals surface area contributed by atoms with E-state index >= 15 is 0 Å². The van der Waals surface area contributed by atoms with Crippen molar-refractivity contribution >= 4 is 68.3 Å². The summed E-state index contributed by atoms with van der Waals surface area (Å²) < 4.78 is 1.09. The van der Waals surface area contributed by atoms with Gasteiger partial charge in [0, 0.05) is 42.4 Å². The number of nitrogens with one attached hydrogen (secondary N) is 3. The smallest absolute Gasteiger partial charge is 0.233 e. The number of hydrogen-bond acceptors (Lipinski definition) is 9. The molecule has 0 bridgehead atoms. The van der Waals surface area contributed by atoms with Crippen LogP contribution in [0, 0.1) is 0 Å². The standard InChI is InChI=1S/C21H22Cl2N8S/c1-24-7-8-31(2)21-29-19(25-11-13-3-4-14(22)9-16(13)23)28-20(30-21)27-15-5-6-17-18(10-15)32-12-26-17/h3-6,9-10,12,24H,7-8,11H2,1-2H3,(H2,25,27,28,29,30). The van der Waals surface area contributed by atoms with Gasteiger partial charge >= 0.3 is 0 Å². The van der Waals surface area contributed by atoms with Crippen LogP contribution < -0.4 is 20.9 Å². The number of thiazole rings is 1. The Labute approximate surface area is 200 Å². The Kier molecular flexibility index (Phi) is 7.21. The molecule has 0 atom stereocenters. The number of likely N-dealkylation sites (N-methyl/N-ethyl adjacent to an activating group) is 2. The molecule has 32 heavy (non-hydrogen) atoms. The van der Waals surface area contributed by atoms with Crippen LogP contribution in [-0.2, 0) is 6.54 Å². The maximum atomic E-state index is 6.30. The van der Waals surface area contributed by atoms with E-state index in [-0.39, 0.29) is 0 Å². The van der Waals surface area contributed by atoms with E-state index in [4.69, 9.17) is 23.2 Å². The van der Waals surface area contributed by atoms with Crippen LogP contribution in [0.5, 0.6) is 0 Å². The summed E-state index contributed by atoms with van der Waals surface area (Å²) in [5.41, 5.74) is 4.57. The minimum atomic E-state index is 0.443. The number of fused-ring (bicyclic) bond motifs is 1. The van der Waals surface area contributed by atoms with Gasteiger partial charge in [-0.3, -0.25) is 0 Å². The van der Waals surface area contributed by atoms with Crippen LogP contribution in [0.4, 0.5) is 23.5 Å². The molecule has 0 saturated carbocycles. The van der Waals surface area contributed by atoms with Gasteiger partial charge in [-0.15, -0.1) is 11.3 Å². The summed E-state index contributed by atoms with van der Waals surface area (Å²) in [5.74, 6) is 1.44. The Morgan fingerprint density at radius 1 is 1.03 bits per heavy atom. The lowest BCUT2D eigenvalue weighted by molar-refractivity contribution is 0.751. The van der Waals surface area contributed by atoms with E-state index < -0.39 is 0 Å². The average molecular weight is 489 g/mol. The monoisotopic (exact) mass is 488 g/mol. The second kappa shape index (κ2) is 10.3. The summed E-state index contributed by atoms with van der Waals surface area (Å²) in [6, 6.07) is 11.3. The molecule has 2 aromatic carbocycles. The van der Waals surface area contributed by atoms with E-state index in [2.05, 4.69) is 35.9 Å². The Balaban J connectivity index is 1.59. The van der Waals surface area contributed by atoms with Crippen LogP contribution in [-0.4, -0.2) is 47.1 Å². The maximum Gasteiger partial charge on any atom is 0.233 e. The quantitative estimate of drug-likeness (QED) is 0.309. The van der Waals surface area contributed by atoms with Crippen LogP contribution in [0.15, 0.2) is 41.9 Å². The minimum Gasteiger partial charge on any atom is -0.350 e. The maximum absolute atomic E-state index is 6.30. The third-order valence-corrected chi connectivity index (χ3v) is 6.08. The van der Waals surface area contributed by atoms with Crippen molar-refractivity contribution in [3.8, 4) is 0 Å². The van der Waals surface area contributed by atoms with Crippen LogP contribution in [0.2, 0.25) is 10.0 Å². The molecule has 0 fully saturated rings. The number of rotatable bonds is 9. The van der Waals surface area contributed by atoms with Crippen molar-refractivity contribution in [3.63, 3.8) is 0 Å². The summed E-state index contributed by atoms with van der Waals surface area (Å²) in [7, 11) is 3.85. The summed E-state index contributed by atoms with van der Waals surface area (Å²) in [6.45, 7) is 2.00. The third-order valence-electron chi connectivity index (χ3n) is 4.70. The summed E-state index contributed by atoms with van der Waals surface area (Å²) >= 11 is 13.9. The molecule has 0 unspecified atom stereocenters. The largest absolute Gasteiger partial charge is 0.350 e. The molecule has 8 nitrogen and oxygen atoms in total. The molecule has 0 amide bonds. The van der Waals surface area contributed by atoms with Crippen molar-refractivity contribution in [1.82, 2.24) is 25.3 Å². The molecule has 2 heterocycles. The molecule has 0 aliphatic heterocycles. The van der Waals surface area contributed by atoms with E-state index in [9.17, 15) is 0 Å². The molecular formula is C21H22Cl2N8S. The Hall–Kier alpha value is -2.72. The number of nitrogens with zero attached hydrogens (tertiary/aromatic N) is 5. The van der Waals surface area contributed by atoms with Crippen molar-refractivity contribution in [2.75, 3.05) is 42.7 Å². The van der Waals surface area contributed by atoms with Gasteiger partial charge in [0.1, 0.15) is 0 Å². The number of benzene rings is 2. The SMILES string of the molecule is CNCCN(C)c1nc(NCc2ccc(Cl)cc2Cl)nc(Nc2ccc3ncsc3c2)n1. The Morgan fingerprint density at radius 3 is 2.69 bits per heavy atom. The second-order valence-electron chi connectivity index (χ2n) is 7.06. The van der Waals surface area contributed by atoms with E-state index in [1.165, 1.54) is 0 Å². The molecular weight excluding hydrogens is 467 g/mol. The minimum absolute atomic E-state index is 0.443. The average Bonchev–Trinajstić information content (AvgIpc) is 3.24. The van der Waals surface area contributed by atoms with Gasteiger partial charge in [-0.1, -0.05) is 29.3 Å². The molecule has 3 N–H and O–H groups in total. The summed E-state index contributed by atoms with van der Waals surface area (Å²) in [4.78, 5) is 20.0. The predicted octanol–water partition coefficient (Wildman–Crippen LogP) is 4.80. The highest BCUT2D eigenvalue weighted by molar-refractivity contribution is 7.16. The molecule has 0 saturated heterocycles. The number of anilines is 4. The molecule has 0 radical (unpaired) electrons. The third kappa shape index (κ3) is 5.55. The lowest BCUT2D eigenvalue weighted by atomic mass is 10.2. The first-order valence-electron chi connectivity index (χ1n) is 9.92. The molecule has 2 aromatic heterocycles. The normalized spacial score (nSPS) is 11.0. The van der Waals surface area contributed by atoms with E-state index in [0.29, 0.717) is 34.4 Å². The highest BCUT2D eigenvalue weighted by Crippen LogP contribution is 2.25. The van der Waals surface area contributed by atoms with E-state index in [1.807, 2.05) is 48.8 Å². The van der Waals surface area contributed by atoms with Gasteiger partial charge in [0.05, 0.1) is 15.7 Å². The molecule has 0 aliphatic rings. The first-order chi connectivity index (χ1) is 15.5. The van der Waals surface area contributed by atoms with Gasteiger partial charge in [0.15, 0.2) is 0 Å². The predicted molar refractivity (Wildman–Crippen MR) is 134 cm³/mol. The lowest BCUT2D eigenvalue weighted by Gasteiger charge is -2.18. The zero-order valence-corrected chi connectivity index (χ0v) is 19.9. The molecule has 11 heteroatoms. The van der Waals surface area contributed by atoms with Gasteiger partial charge in [-0.05, 0) is 42.9 Å². The first kappa shape index (κ1) is 22.5. The summed E-state index contributed by atoms with van der Waals surface area (Å²) in [5, 5.41) is 10.8. The van der Waals surface area contributed by atoms with Crippen LogP contribution >= 0.6 is 34.5 Å². The zero-order chi connectivity index (χ0) is 22.5. The number of aromatic nitrogens is 4. The molecule has 4 aromatic rings. The van der Waals surface area contributed by atoms with Gasteiger partial charge in [-0.25, -0.2) is 4.98 Å². The first-order valence-corrected chi connectivity index (χ1v) is 11.6. The fourth-order valence-corrected chi connectivity index (χ4v) is 4.14. The Morgan fingerprint density at radius 2 is 1.88 bits per heavy atom. The molecule has 0 aliphatic carbocycles. The van der Waals surface area contributed by atoms with E-state index in [1.54, 1.807) is 23.5 Å². The van der Waals surface area contributed by atoms with Gasteiger partial charge in [0.25, 0.3) is 0 Å². The zero-order valence-electron chi connectivity index (χ0n) is 17.6. The lowest BCUT2D eigenvalue weighted by Crippen LogP contribution is -2.29. The van der Waals surface area contributed by atoms with Crippen molar-refractivity contribution in [3.05, 3.63) is 57.5 Å². The highest BCUT2D eigenvalue weighted by atomic mass is 35.5. The molecule has 166 valence electrons. The van der Waals surface area contributed by atoms with Crippen LogP contribution in [0.3, 0.4) is 0 Å². The van der Waals surface area contributed by atoms with Crippen molar-refractivity contribution in [2.24, 2.45) is 0 Å². The number of halogens is 2. The fourth-order valence-electron chi connectivity index (χ4n) is 2.95. The van der Waals surface area contributed by atoms with Crippen LogP contribution in [0.25, 0.3) is 10.2 Å². The Bertz CT molecular complexity index is 1220. The second-order valence-corrected chi connectivity index (χ2v) is 8.79. The highest BCUT2D eigenvalue weighted by Gasteiger charge is 2.12. The van der Waals surface area contributed by atoms with Crippen LogP contribution in [0.1, 0.15) is 5.56 Å². The fraction of sp³-hybridized carbons (Fsp3) is 0.238. The molecule has 4 rings (SSSR count). The summed E-state index contributed by atoms with van der Waals surface area (Å²) in [6.07, 6.45) is 0. The van der Waals surface area contributed by atoms with Gasteiger partial charge < -0.3 is 20.9 Å². The number of hydrogen-bond donors (Lipinski definition) is 3.